The van der Waals surface area contributed by atoms with Crippen molar-refractivity contribution in [3.63, 3.8) is 0 Å². The highest BCUT2D eigenvalue weighted by Gasteiger charge is 2.19. The summed E-state index contributed by atoms with van der Waals surface area (Å²) in [6.45, 7) is 0. The summed E-state index contributed by atoms with van der Waals surface area (Å²) in [5.74, 6) is 0. The van der Waals surface area contributed by atoms with Crippen molar-refractivity contribution in [2.45, 2.75) is 0 Å². The summed E-state index contributed by atoms with van der Waals surface area (Å²) in [5.41, 5.74) is 2.04. The Labute approximate surface area is 51.5 Å². The van der Waals surface area contributed by atoms with E-state index in [0.717, 1.165) is 0 Å². The lowest BCUT2D eigenvalue weighted by molar-refractivity contribution is 2.96. The van der Waals surface area contributed by atoms with E-state index in [1.54, 1.807) is 0 Å². The molecular weight excluding hydrogens is 158 g/mol. The quantitative estimate of drug-likeness (QED) is 0.287. The SMILES string of the molecule is C#C[Si](Cl)(Cl)Cl. The molecule has 0 aliphatic heterocycles. The van der Waals surface area contributed by atoms with Gasteiger partial charge >= 0.3 is 6.00 Å². The summed E-state index contributed by atoms with van der Waals surface area (Å²) in [6, 6.07) is -2.69. The van der Waals surface area contributed by atoms with Gasteiger partial charge in [-0.05, 0) is 0 Å². The van der Waals surface area contributed by atoms with Gasteiger partial charge in [-0.15, -0.1) is 39.7 Å². The third-order valence-corrected chi connectivity index (χ3v) is 1.47. The van der Waals surface area contributed by atoms with Crippen molar-refractivity contribution in [2.24, 2.45) is 0 Å². The Hall–Kier alpha value is 0.647. The Morgan fingerprint density at radius 2 is 1.50 bits per heavy atom. The van der Waals surface area contributed by atoms with Crippen LogP contribution in [0.5, 0.6) is 0 Å². The van der Waals surface area contributed by atoms with Crippen LogP contribution in [0.1, 0.15) is 0 Å². The zero-order chi connectivity index (χ0) is 5.21. The van der Waals surface area contributed by atoms with Gasteiger partial charge in [0.1, 0.15) is 0 Å². The largest absolute Gasteiger partial charge is 0.422 e. The average molecular weight is 159 g/mol. The Morgan fingerprint density at radius 1 is 1.33 bits per heavy atom. The average Bonchev–Trinajstić information content (AvgIpc) is 1.35. The summed E-state index contributed by atoms with van der Waals surface area (Å²) in [4.78, 5) is 0. The van der Waals surface area contributed by atoms with E-state index in [2.05, 4.69) is 0 Å². The molecule has 0 bridgehead atoms. The van der Waals surface area contributed by atoms with Crippen molar-refractivity contribution in [3.8, 4) is 12.0 Å². The molecule has 0 aliphatic carbocycles. The molecule has 0 unspecified atom stereocenters. The van der Waals surface area contributed by atoms with Crippen LogP contribution >= 0.6 is 33.2 Å². The molecule has 0 amide bonds. The third-order valence-electron chi connectivity index (χ3n) is 0.164. The van der Waals surface area contributed by atoms with E-state index < -0.39 is 6.00 Å². The normalized spacial score (nSPS) is 10.3. The van der Waals surface area contributed by atoms with Crippen LogP contribution in [0.15, 0.2) is 0 Å². The summed E-state index contributed by atoms with van der Waals surface area (Å²) in [7, 11) is 0. The standard InChI is InChI=1S/C2HCl3Si/c1-2-6(3,4)5/h1H. The van der Waals surface area contributed by atoms with E-state index in [1.807, 2.05) is 5.54 Å². The number of halogens is 3. The number of terminal acetylenes is 1. The maximum Gasteiger partial charge on any atom is 0.422 e. The molecule has 0 fully saturated rings. The van der Waals surface area contributed by atoms with Crippen molar-refractivity contribution < 1.29 is 0 Å². The molecule has 6 heavy (non-hydrogen) atoms. The van der Waals surface area contributed by atoms with Gasteiger partial charge in [0.05, 0.1) is 0 Å². The topological polar surface area (TPSA) is 0 Å². The first-order valence-corrected chi connectivity index (χ1v) is 6.14. The minimum Gasteiger partial charge on any atom is -0.123 e. The minimum atomic E-state index is -2.69. The number of hydrogen-bond donors (Lipinski definition) is 0. The van der Waals surface area contributed by atoms with E-state index in [4.69, 9.17) is 39.7 Å². The molecule has 0 saturated heterocycles. The van der Waals surface area contributed by atoms with Crippen LogP contribution in [0, 0.1) is 12.0 Å². The van der Waals surface area contributed by atoms with Gasteiger partial charge in [0.25, 0.3) is 0 Å². The fourth-order valence-electron chi connectivity index (χ4n) is 0. The highest BCUT2D eigenvalue weighted by atomic mass is 35.8. The van der Waals surface area contributed by atoms with Crippen LogP contribution in [0.2, 0.25) is 0 Å². The maximum absolute atomic E-state index is 5.15. The Balaban J connectivity index is 3.55. The Kier molecular flexibility index (Phi) is 2.31. The lowest BCUT2D eigenvalue weighted by Crippen LogP contribution is -2.02. The van der Waals surface area contributed by atoms with Crippen LogP contribution in [0.25, 0.3) is 0 Å². The van der Waals surface area contributed by atoms with E-state index in [1.165, 1.54) is 0 Å². The molecular formula is C2HCl3Si. The molecule has 0 aromatic heterocycles. The van der Waals surface area contributed by atoms with Gasteiger partial charge in [0.2, 0.25) is 0 Å². The van der Waals surface area contributed by atoms with E-state index >= 15 is 0 Å². The van der Waals surface area contributed by atoms with Crippen LogP contribution in [-0.2, 0) is 0 Å². The molecule has 0 rings (SSSR count). The zero-order valence-corrected chi connectivity index (χ0v) is 5.98. The first-order chi connectivity index (χ1) is 2.56. The molecule has 0 nitrogen and oxygen atoms in total. The third kappa shape index (κ3) is 4.65. The molecule has 0 atom stereocenters. The van der Waals surface area contributed by atoms with Crippen molar-refractivity contribution in [1.82, 2.24) is 0 Å². The Bertz CT molecular complexity index is 75.8. The molecule has 34 valence electrons. The first-order valence-electron chi connectivity index (χ1n) is 1.11. The summed E-state index contributed by atoms with van der Waals surface area (Å²) in [6.07, 6.45) is 4.72. The summed E-state index contributed by atoms with van der Waals surface area (Å²) >= 11 is 15.5. The monoisotopic (exact) mass is 158 g/mol. The second-order valence-electron chi connectivity index (χ2n) is 0.642. The summed E-state index contributed by atoms with van der Waals surface area (Å²) < 4.78 is 0. The van der Waals surface area contributed by atoms with Gasteiger partial charge in [-0.3, -0.25) is 0 Å². The van der Waals surface area contributed by atoms with Crippen molar-refractivity contribution >= 4 is 39.2 Å². The van der Waals surface area contributed by atoms with Gasteiger partial charge in [0, 0.05) is 0 Å². The second-order valence-corrected chi connectivity index (χ2v) is 8.77. The minimum absolute atomic E-state index is 2.04. The van der Waals surface area contributed by atoms with Gasteiger partial charge in [-0.1, -0.05) is 5.54 Å². The van der Waals surface area contributed by atoms with Crippen LogP contribution in [0.4, 0.5) is 0 Å². The summed E-state index contributed by atoms with van der Waals surface area (Å²) in [5, 5.41) is 0. The zero-order valence-electron chi connectivity index (χ0n) is 2.71. The fourth-order valence-corrected chi connectivity index (χ4v) is 0. The molecule has 0 aliphatic rings. The molecule has 0 spiro atoms. The highest BCUT2D eigenvalue weighted by molar-refractivity contribution is 7.67. The Morgan fingerprint density at radius 3 is 1.50 bits per heavy atom. The maximum atomic E-state index is 5.15. The molecule has 0 N–H and O–H groups in total. The van der Waals surface area contributed by atoms with Gasteiger partial charge < -0.3 is 0 Å². The van der Waals surface area contributed by atoms with Crippen molar-refractivity contribution in [2.75, 3.05) is 0 Å². The van der Waals surface area contributed by atoms with Crippen LogP contribution in [0.3, 0.4) is 0 Å². The van der Waals surface area contributed by atoms with Crippen LogP contribution < -0.4 is 0 Å². The lowest BCUT2D eigenvalue weighted by Gasteiger charge is -1.89. The lowest BCUT2D eigenvalue weighted by atomic mass is 11.4. The fraction of sp³-hybridized carbons (Fsp3) is 0. The van der Waals surface area contributed by atoms with E-state index in [0.29, 0.717) is 0 Å². The van der Waals surface area contributed by atoms with E-state index in [-0.39, 0.29) is 0 Å². The smallest absolute Gasteiger partial charge is 0.123 e. The van der Waals surface area contributed by atoms with Gasteiger partial charge in [-0.25, -0.2) is 0 Å². The predicted octanol–water partition coefficient (Wildman–Crippen LogP) is 1.81. The number of hydrogen-bond acceptors (Lipinski definition) is 0. The van der Waals surface area contributed by atoms with Crippen LogP contribution in [-0.4, -0.2) is 6.00 Å². The molecule has 4 heteroatoms. The van der Waals surface area contributed by atoms with Gasteiger partial charge in [-0.2, -0.15) is 0 Å². The molecule has 0 aromatic carbocycles. The number of rotatable bonds is 0. The van der Waals surface area contributed by atoms with Gasteiger partial charge in [0.15, 0.2) is 0 Å². The molecule has 0 saturated carbocycles. The van der Waals surface area contributed by atoms with Crippen molar-refractivity contribution in [1.29, 1.82) is 0 Å². The highest BCUT2D eigenvalue weighted by Crippen LogP contribution is 2.16. The molecule has 0 radical (unpaired) electrons. The first kappa shape index (κ1) is 6.65. The predicted molar refractivity (Wildman–Crippen MR) is 32.1 cm³/mol. The van der Waals surface area contributed by atoms with Crippen molar-refractivity contribution in [3.05, 3.63) is 0 Å². The molecule has 0 aromatic rings. The second kappa shape index (κ2) is 2.09. The van der Waals surface area contributed by atoms with E-state index in [9.17, 15) is 0 Å². The molecule has 0 heterocycles.